The zero-order valence-corrected chi connectivity index (χ0v) is 9.55. The Hall–Kier alpha value is 0.230. The van der Waals surface area contributed by atoms with E-state index >= 15 is 0 Å². The Bertz CT molecular complexity index is 272. The van der Waals surface area contributed by atoms with Crippen molar-refractivity contribution in [2.45, 2.75) is 31.4 Å². The van der Waals surface area contributed by atoms with Crippen molar-refractivity contribution in [1.29, 1.82) is 0 Å². The Morgan fingerprint density at radius 3 is 2.54 bits per heavy atom. The minimum absolute atomic E-state index is 0.116. The van der Waals surface area contributed by atoms with Crippen LogP contribution in [0.15, 0.2) is 0 Å². The van der Waals surface area contributed by atoms with E-state index in [1.54, 1.807) is 0 Å². The van der Waals surface area contributed by atoms with Gasteiger partial charge in [-0.3, -0.25) is 0 Å². The predicted octanol–water partition coefficient (Wildman–Crippen LogP) is 2.21. The molecule has 1 unspecified atom stereocenters. The minimum atomic E-state index is -4.27. The molecule has 13 heavy (non-hydrogen) atoms. The molecule has 0 aromatic rings. The van der Waals surface area contributed by atoms with Crippen LogP contribution in [0.1, 0.15) is 26.7 Å². The monoisotopic (exact) mass is 226 g/mol. The first-order valence-corrected chi connectivity index (χ1v) is 6.91. The SMILES string of the molecule is CC1(C)SCCC1CCS(=O)(=O)F. The molecule has 1 heterocycles. The maximum absolute atomic E-state index is 12.3. The van der Waals surface area contributed by atoms with Crippen molar-refractivity contribution in [2.75, 3.05) is 11.5 Å². The van der Waals surface area contributed by atoms with E-state index in [4.69, 9.17) is 0 Å². The van der Waals surface area contributed by atoms with Crippen LogP contribution in [-0.4, -0.2) is 24.7 Å². The maximum atomic E-state index is 12.3. The summed E-state index contributed by atoms with van der Waals surface area (Å²) in [6.45, 7) is 4.19. The van der Waals surface area contributed by atoms with Gasteiger partial charge in [-0.05, 0) is 24.5 Å². The first-order valence-electron chi connectivity index (χ1n) is 4.37. The van der Waals surface area contributed by atoms with E-state index in [1.807, 2.05) is 11.8 Å². The summed E-state index contributed by atoms with van der Waals surface area (Å²) in [5, 5.41) is 0. The van der Waals surface area contributed by atoms with Gasteiger partial charge in [-0.2, -0.15) is 20.2 Å². The van der Waals surface area contributed by atoms with Gasteiger partial charge in [0.25, 0.3) is 0 Å². The van der Waals surface area contributed by atoms with E-state index in [0.29, 0.717) is 12.3 Å². The molecule has 0 spiro atoms. The van der Waals surface area contributed by atoms with Crippen LogP contribution in [-0.2, 0) is 10.2 Å². The van der Waals surface area contributed by atoms with Gasteiger partial charge in [0.2, 0.25) is 0 Å². The fraction of sp³-hybridized carbons (Fsp3) is 1.00. The van der Waals surface area contributed by atoms with E-state index in [0.717, 1.165) is 12.2 Å². The lowest BCUT2D eigenvalue weighted by atomic mass is 9.90. The van der Waals surface area contributed by atoms with Crippen LogP contribution in [0.5, 0.6) is 0 Å². The van der Waals surface area contributed by atoms with E-state index in [-0.39, 0.29) is 10.5 Å². The van der Waals surface area contributed by atoms with Crippen molar-refractivity contribution >= 4 is 22.0 Å². The van der Waals surface area contributed by atoms with Gasteiger partial charge in [-0.15, -0.1) is 3.89 Å². The quantitative estimate of drug-likeness (QED) is 0.692. The van der Waals surface area contributed by atoms with Crippen molar-refractivity contribution in [3.05, 3.63) is 0 Å². The number of halogens is 1. The zero-order valence-electron chi connectivity index (χ0n) is 7.92. The van der Waals surface area contributed by atoms with E-state index < -0.39 is 10.2 Å². The Labute approximate surface area is 83.5 Å². The van der Waals surface area contributed by atoms with Gasteiger partial charge in [-0.1, -0.05) is 13.8 Å². The molecule has 0 bridgehead atoms. The lowest BCUT2D eigenvalue weighted by molar-refractivity contribution is 0.419. The molecular formula is C8H15FO2S2. The topological polar surface area (TPSA) is 34.1 Å². The van der Waals surface area contributed by atoms with Crippen molar-refractivity contribution in [2.24, 2.45) is 5.92 Å². The molecule has 0 amide bonds. The van der Waals surface area contributed by atoms with Crippen LogP contribution in [0, 0.1) is 5.92 Å². The van der Waals surface area contributed by atoms with Crippen molar-refractivity contribution < 1.29 is 12.3 Å². The van der Waals surface area contributed by atoms with Gasteiger partial charge in [0.15, 0.2) is 0 Å². The Balaban J connectivity index is 2.46. The van der Waals surface area contributed by atoms with Crippen LogP contribution >= 0.6 is 11.8 Å². The van der Waals surface area contributed by atoms with Crippen LogP contribution in [0.4, 0.5) is 3.89 Å². The number of hydrogen-bond donors (Lipinski definition) is 0. The summed E-state index contributed by atoms with van der Waals surface area (Å²) >= 11 is 1.84. The van der Waals surface area contributed by atoms with Crippen LogP contribution < -0.4 is 0 Å². The standard InChI is InChI=1S/C8H15FO2S2/c1-8(2)7(3-5-12-8)4-6-13(9,10)11/h7H,3-6H2,1-2H3. The highest BCUT2D eigenvalue weighted by Gasteiger charge is 2.35. The molecule has 0 aromatic heterocycles. The van der Waals surface area contributed by atoms with Gasteiger partial charge in [-0.25, -0.2) is 0 Å². The van der Waals surface area contributed by atoms with Gasteiger partial charge in [0.05, 0.1) is 5.75 Å². The molecule has 1 aliphatic rings. The largest absolute Gasteiger partial charge is 0.302 e. The smallest absolute Gasteiger partial charge is 0.195 e. The summed E-state index contributed by atoms with van der Waals surface area (Å²) in [6, 6.07) is 0. The van der Waals surface area contributed by atoms with Crippen LogP contribution in [0.2, 0.25) is 0 Å². The number of thioether (sulfide) groups is 1. The molecule has 1 atom stereocenters. The van der Waals surface area contributed by atoms with Crippen molar-refractivity contribution in [1.82, 2.24) is 0 Å². The molecule has 0 aliphatic carbocycles. The maximum Gasteiger partial charge on any atom is 0.302 e. The Morgan fingerprint density at radius 1 is 1.54 bits per heavy atom. The summed E-state index contributed by atoms with van der Waals surface area (Å²) in [6.07, 6.45) is 1.46. The molecule has 1 saturated heterocycles. The second kappa shape index (κ2) is 3.77. The molecule has 2 nitrogen and oxygen atoms in total. The molecule has 0 saturated carbocycles. The van der Waals surface area contributed by atoms with E-state index in [9.17, 15) is 12.3 Å². The molecule has 1 rings (SSSR count). The molecule has 1 aliphatic heterocycles. The van der Waals surface area contributed by atoms with Crippen molar-refractivity contribution in [3.63, 3.8) is 0 Å². The van der Waals surface area contributed by atoms with Gasteiger partial charge < -0.3 is 0 Å². The third-order valence-corrected chi connectivity index (χ3v) is 4.87. The normalized spacial score (nSPS) is 27.8. The molecule has 0 N–H and O–H groups in total. The summed E-state index contributed by atoms with van der Waals surface area (Å²) in [7, 11) is -4.27. The second-order valence-electron chi connectivity index (χ2n) is 3.97. The average Bonchev–Trinajstić information content (AvgIpc) is 2.23. The Kier molecular flexibility index (Phi) is 3.28. The van der Waals surface area contributed by atoms with Crippen LogP contribution in [0.25, 0.3) is 0 Å². The third-order valence-electron chi connectivity index (χ3n) is 2.63. The fourth-order valence-electron chi connectivity index (χ4n) is 1.70. The molecule has 0 radical (unpaired) electrons. The minimum Gasteiger partial charge on any atom is -0.195 e. The summed E-state index contributed by atoms with van der Waals surface area (Å²) in [5.74, 6) is 1.08. The average molecular weight is 226 g/mol. The summed E-state index contributed by atoms with van der Waals surface area (Å²) in [4.78, 5) is 0. The molecule has 0 aromatic carbocycles. The van der Waals surface area contributed by atoms with E-state index in [2.05, 4.69) is 13.8 Å². The van der Waals surface area contributed by atoms with Gasteiger partial charge >= 0.3 is 10.2 Å². The Morgan fingerprint density at radius 2 is 2.15 bits per heavy atom. The highest BCUT2D eigenvalue weighted by molar-refractivity contribution is 8.00. The first-order chi connectivity index (χ1) is 5.81. The van der Waals surface area contributed by atoms with Crippen molar-refractivity contribution in [3.8, 4) is 0 Å². The zero-order chi connectivity index (χ0) is 10.1. The lowest BCUT2D eigenvalue weighted by Gasteiger charge is -2.25. The first kappa shape index (κ1) is 11.3. The van der Waals surface area contributed by atoms with Crippen LogP contribution in [0.3, 0.4) is 0 Å². The highest BCUT2D eigenvalue weighted by atomic mass is 32.3. The fourth-order valence-corrected chi connectivity index (χ4v) is 3.67. The summed E-state index contributed by atoms with van der Waals surface area (Å²) < 4.78 is 33.0. The molecule has 1 fully saturated rings. The third kappa shape index (κ3) is 3.46. The molecule has 5 heteroatoms. The second-order valence-corrected chi connectivity index (χ2v) is 7.20. The lowest BCUT2D eigenvalue weighted by Crippen LogP contribution is -2.23. The number of rotatable bonds is 3. The molecular weight excluding hydrogens is 211 g/mol. The predicted molar refractivity (Wildman–Crippen MR) is 54.2 cm³/mol. The van der Waals surface area contributed by atoms with Gasteiger partial charge in [0.1, 0.15) is 0 Å². The summed E-state index contributed by atoms with van der Waals surface area (Å²) in [5.41, 5.74) is 0. The van der Waals surface area contributed by atoms with E-state index in [1.165, 1.54) is 0 Å². The van der Waals surface area contributed by atoms with Gasteiger partial charge in [0, 0.05) is 4.75 Å². The highest BCUT2D eigenvalue weighted by Crippen LogP contribution is 2.44. The number of hydrogen-bond acceptors (Lipinski definition) is 3. The molecule has 78 valence electrons.